The molecule has 1 fully saturated rings. The van der Waals surface area contributed by atoms with Crippen molar-refractivity contribution in [3.8, 4) is 0 Å². The van der Waals surface area contributed by atoms with Gasteiger partial charge in [0.2, 0.25) is 0 Å². The molecule has 1 aliphatic carbocycles. The standard InChI is InChI=1S/C22H30N2O/c1-18-8-10-20(11-9-18)15-24(21-12-13-21)17-22(25)16-23(2)14-19-6-4-3-5-7-19/h3-11,21-22,25H,12-17H2,1-2H3. The highest BCUT2D eigenvalue weighted by atomic mass is 16.3. The summed E-state index contributed by atoms with van der Waals surface area (Å²) in [5.74, 6) is 0. The second-order valence-corrected chi connectivity index (χ2v) is 7.48. The van der Waals surface area contributed by atoms with Gasteiger partial charge in [-0.3, -0.25) is 9.80 Å². The highest BCUT2D eigenvalue weighted by molar-refractivity contribution is 5.21. The molecule has 1 aliphatic rings. The van der Waals surface area contributed by atoms with Gasteiger partial charge in [0.25, 0.3) is 0 Å². The summed E-state index contributed by atoms with van der Waals surface area (Å²) in [5.41, 5.74) is 3.92. The van der Waals surface area contributed by atoms with Crippen LogP contribution in [-0.2, 0) is 13.1 Å². The molecule has 0 spiro atoms. The van der Waals surface area contributed by atoms with E-state index in [4.69, 9.17) is 0 Å². The molecule has 0 amide bonds. The normalized spacial score (nSPS) is 15.7. The van der Waals surface area contributed by atoms with Crippen LogP contribution in [0.2, 0.25) is 0 Å². The summed E-state index contributed by atoms with van der Waals surface area (Å²) in [7, 11) is 2.08. The molecule has 1 N–H and O–H groups in total. The van der Waals surface area contributed by atoms with E-state index < -0.39 is 0 Å². The van der Waals surface area contributed by atoms with E-state index >= 15 is 0 Å². The summed E-state index contributed by atoms with van der Waals surface area (Å²) in [5, 5.41) is 10.6. The molecule has 2 aromatic carbocycles. The van der Waals surface area contributed by atoms with Crippen LogP contribution in [-0.4, -0.2) is 47.2 Å². The van der Waals surface area contributed by atoms with Gasteiger partial charge in [-0.2, -0.15) is 0 Å². The van der Waals surface area contributed by atoms with Gasteiger partial charge in [0.15, 0.2) is 0 Å². The van der Waals surface area contributed by atoms with Crippen LogP contribution < -0.4 is 0 Å². The second kappa shape index (κ2) is 8.61. The highest BCUT2D eigenvalue weighted by Gasteiger charge is 2.30. The number of likely N-dealkylation sites (N-methyl/N-ethyl adjacent to an activating group) is 1. The summed E-state index contributed by atoms with van der Waals surface area (Å²) < 4.78 is 0. The average Bonchev–Trinajstić information content (AvgIpc) is 3.42. The fraction of sp³-hybridized carbons (Fsp3) is 0.455. The first-order chi connectivity index (χ1) is 12.1. The number of aliphatic hydroxyl groups is 1. The van der Waals surface area contributed by atoms with Crippen LogP contribution >= 0.6 is 0 Å². The molecule has 0 aromatic heterocycles. The number of rotatable bonds is 9. The molecule has 3 heteroatoms. The van der Waals surface area contributed by atoms with Crippen molar-refractivity contribution < 1.29 is 5.11 Å². The summed E-state index contributed by atoms with van der Waals surface area (Å²) in [6.07, 6.45) is 2.21. The largest absolute Gasteiger partial charge is 0.390 e. The summed E-state index contributed by atoms with van der Waals surface area (Å²) >= 11 is 0. The van der Waals surface area contributed by atoms with Gasteiger partial charge in [-0.25, -0.2) is 0 Å². The van der Waals surface area contributed by atoms with Gasteiger partial charge in [0, 0.05) is 32.2 Å². The van der Waals surface area contributed by atoms with Crippen LogP contribution in [0.1, 0.15) is 29.5 Å². The lowest BCUT2D eigenvalue weighted by atomic mass is 10.1. The van der Waals surface area contributed by atoms with E-state index in [1.54, 1.807) is 0 Å². The predicted octanol–water partition coefficient (Wildman–Crippen LogP) is 3.45. The summed E-state index contributed by atoms with van der Waals surface area (Å²) in [4.78, 5) is 4.66. The van der Waals surface area contributed by atoms with Crippen molar-refractivity contribution in [2.24, 2.45) is 0 Å². The van der Waals surface area contributed by atoms with E-state index in [0.717, 1.165) is 19.6 Å². The van der Waals surface area contributed by atoms with Crippen LogP contribution in [0.3, 0.4) is 0 Å². The number of hydrogen-bond acceptors (Lipinski definition) is 3. The third kappa shape index (κ3) is 5.96. The Hall–Kier alpha value is -1.68. The first-order valence-electron chi connectivity index (χ1n) is 9.30. The van der Waals surface area contributed by atoms with Crippen molar-refractivity contribution in [1.82, 2.24) is 9.80 Å². The lowest BCUT2D eigenvalue weighted by molar-refractivity contribution is 0.0737. The van der Waals surface area contributed by atoms with Crippen molar-refractivity contribution >= 4 is 0 Å². The summed E-state index contributed by atoms with van der Waals surface area (Å²) in [6, 6.07) is 19.8. The Kier molecular flexibility index (Phi) is 6.24. The van der Waals surface area contributed by atoms with Gasteiger partial charge < -0.3 is 5.11 Å². The smallest absolute Gasteiger partial charge is 0.0794 e. The molecule has 0 radical (unpaired) electrons. The monoisotopic (exact) mass is 338 g/mol. The molecule has 2 aromatic rings. The molecule has 25 heavy (non-hydrogen) atoms. The fourth-order valence-electron chi connectivity index (χ4n) is 3.36. The van der Waals surface area contributed by atoms with Crippen molar-refractivity contribution in [3.63, 3.8) is 0 Å². The zero-order valence-electron chi connectivity index (χ0n) is 15.4. The first kappa shape index (κ1) is 18.1. The lowest BCUT2D eigenvalue weighted by Gasteiger charge is -2.27. The minimum atomic E-state index is -0.320. The molecular formula is C22H30N2O. The molecule has 3 rings (SSSR count). The Bertz CT molecular complexity index is 637. The van der Waals surface area contributed by atoms with Crippen molar-refractivity contribution in [3.05, 3.63) is 71.3 Å². The number of hydrogen-bond donors (Lipinski definition) is 1. The van der Waals surface area contributed by atoms with E-state index in [1.807, 2.05) is 6.07 Å². The topological polar surface area (TPSA) is 26.7 Å². The third-order valence-corrected chi connectivity index (χ3v) is 4.83. The Morgan fingerprint density at radius 1 is 0.920 bits per heavy atom. The molecule has 1 unspecified atom stereocenters. The predicted molar refractivity (Wildman–Crippen MR) is 103 cm³/mol. The molecule has 0 aliphatic heterocycles. The minimum absolute atomic E-state index is 0.320. The SMILES string of the molecule is Cc1ccc(CN(CC(O)CN(C)Cc2ccccc2)C2CC2)cc1. The number of nitrogens with zero attached hydrogens (tertiary/aromatic N) is 2. The lowest BCUT2D eigenvalue weighted by Crippen LogP contribution is -2.39. The van der Waals surface area contributed by atoms with E-state index in [-0.39, 0.29) is 6.10 Å². The number of benzene rings is 2. The van der Waals surface area contributed by atoms with Crippen LogP contribution in [0.5, 0.6) is 0 Å². The third-order valence-electron chi connectivity index (χ3n) is 4.83. The molecule has 0 bridgehead atoms. The summed E-state index contributed by atoms with van der Waals surface area (Å²) in [6.45, 7) is 5.38. The van der Waals surface area contributed by atoms with Crippen molar-refractivity contribution in [2.45, 2.75) is 45.0 Å². The molecule has 0 saturated heterocycles. The first-order valence-corrected chi connectivity index (χ1v) is 9.30. The van der Waals surface area contributed by atoms with Gasteiger partial charge in [-0.15, -0.1) is 0 Å². The Morgan fingerprint density at radius 3 is 2.20 bits per heavy atom. The Morgan fingerprint density at radius 2 is 1.56 bits per heavy atom. The molecule has 134 valence electrons. The Balaban J connectivity index is 1.50. The van der Waals surface area contributed by atoms with Gasteiger partial charge in [0.1, 0.15) is 0 Å². The van der Waals surface area contributed by atoms with Gasteiger partial charge in [0.05, 0.1) is 6.10 Å². The maximum absolute atomic E-state index is 10.6. The molecule has 0 heterocycles. The zero-order chi connectivity index (χ0) is 17.6. The Labute approximate surface area is 151 Å². The minimum Gasteiger partial charge on any atom is -0.390 e. The highest BCUT2D eigenvalue weighted by Crippen LogP contribution is 2.28. The van der Waals surface area contributed by atoms with Crippen LogP contribution in [0.15, 0.2) is 54.6 Å². The molecular weight excluding hydrogens is 308 g/mol. The molecule has 1 saturated carbocycles. The fourth-order valence-corrected chi connectivity index (χ4v) is 3.36. The second-order valence-electron chi connectivity index (χ2n) is 7.48. The maximum Gasteiger partial charge on any atom is 0.0794 e. The van der Waals surface area contributed by atoms with Crippen LogP contribution in [0, 0.1) is 6.92 Å². The van der Waals surface area contributed by atoms with E-state index in [9.17, 15) is 5.11 Å². The van der Waals surface area contributed by atoms with E-state index in [2.05, 4.69) is 72.3 Å². The van der Waals surface area contributed by atoms with Crippen LogP contribution in [0.4, 0.5) is 0 Å². The van der Waals surface area contributed by atoms with E-state index in [0.29, 0.717) is 12.6 Å². The molecule has 1 atom stereocenters. The van der Waals surface area contributed by atoms with E-state index in [1.165, 1.54) is 29.5 Å². The van der Waals surface area contributed by atoms with Crippen LogP contribution in [0.25, 0.3) is 0 Å². The molecule has 3 nitrogen and oxygen atoms in total. The zero-order valence-corrected chi connectivity index (χ0v) is 15.4. The number of aliphatic hydroxyl groups excluding tert-OH is 1. The van der Waals surface area contributed by atoms with Crippen molar-refractivity contribution in [1.29, 1.82) is 0 Å². The maximum atomic E-state index is 10.6. The van der Waals surface area contributed by atoms with Gasteiger partial charge in [-0.05, 0) is 37.9 Å². The number of aryl methyl sites for hydroxylation is 1. The average molecular weight is 338 g/mol. The van der Waals surface area contributed by atoms with Gasteiger partial charge in [-0.1, -0.05) is 60.2 Å². The van der Waals surface area contributed by atoms with Gasteiger partial charge >= 0.3 is 0 Å². The quantitative estimate of drug-likeness (QED) is 0.758. The van der Waals surface area contributed by atoms with Crippen molar-refractivity contribution in [2.75, 3.05) is 20.1 Å².